The highest BCUT2D eigenvalue weighted by Crippen LogP contribution is 2.21. The second-order valence-corrected chi connectivity index (χ2v) is 7.74. The fourth-order valence-electron chi connectivity index (χ4n) is 2.27. The summed E-state index contributed by atoms with van der Waals surface area (Å²) in [6.45, 7) is 2.58. The number of rotatable bonds is 8. The Morgan fingerprint density at radius 1 is 1.08 bits per heavy atom. The molecule has 0 aliphatic carbocycles. The molecule has 0 heterocycles. The van der Waals surface area contributed by atoms with E-state index in [2.05, 4.69) is 10.0 Å². The summed E-state index contributed by atoms with van der Waals surface area (Å²) in [4.78, 5) is 12.3. The average Bonchev–Trinajstić information content (AvgIpc) is 2.57. The molecule has 0 aromatic heterocycles. The van der Waals surface area contributed by atoms with Gasteiger partial charge in [-0.05, 0) is 30.2 Å². The molecule has 25 heavy (non-hydrogen) atoms. The second-order valence-electron chi connectivity index (χ2n) is 5.61. The molecule has 0 saturated carbocycles. The Morgan fingerprint density at radius 3 is 2.48 bits per heavy atom. The van der Waals surface area contributed by atoms with Gasteiger partial charge in [-0.3, -0.25) is 9.52 Å². The van der Waals surface area contributed by atoms with Gasteiger partial charge in [-0.25, -0.2) is 8.42 Å². The summed E-state index contributed by atoms with van der Waals surface area (Å²) >= 11 is 6.03. The maximum Gasteiger partial charge on any atom is 0.253 e. The van der Waals surface area contributed by atoms with Gasteiger partial charge >= 0.3 is 0 Å². The molecule has 0 saturated heterocycles. The largest absolute Gasteiger partial charge is 0.352 e. The van der Waals surface area contributed by atoms with Gasteiger partial charge < -0.3 is 5.32 Å². The topological polar surface area (TPSA) is 75.3 Å². The van der Waals surface area contributed by atoms with Gasteiger partial charge in [-0.15, -0.1) is 0 Å². The summed E-state index contributed by atoms with van der Waals surface area (Å²) in [5.41, 5.74) is 1.05. The molecule has 0 aliphatic heterocycles. The molecule has 0 fully saturated rings. The van der Waals surface area contributed by atoms with Crippen LogP contribution in [-0.2, 0) is 15.8 Å². The van der Waals surface area contributed by atoms with Crippen molar-refractivity contribution in [1.29, 1.82) is 0 Å². The number of amides is 1. The Morgan fingerprint density at radius 2 is 1.76 bits per heavy atom. The lowest BCUT2D eigenvalue weighted by molar-refractivity contribution is 0.0954. The van der Waals surface area contributed by atoms with Crippen molar-refractivity contribution in [3.05, 3.63) is 64.7 Å². The first kappa shape index (κ1) is 19.3. The molecule has 0 atom stereocenters. The number of para-hydroxylation sites is 1. The molecule has 2 rings (SSSR count). The van der Waals surface area contributed by atoms with Gasteiger partial charge in [-0.1, -0.05) is 55.3 Å². The van der Waals surface area contributed by atoms with Crippen LogP contribution in [0.5, 0.6) is 0 Å². The van der Waals surface area contributed by atoms with Crippen LogP contribution in [0.4, 0.5) is 5.69 Å². The van der Waals surface area contributed by atoms with Gasteiger partial charge in [0.05, 0.1) is 17.0 Å². The minimum absolute atomic E-state index is 0.253. The van der Waals surface area contributed by atoms with Crippen molar-refractivity contribution >= 4 is 33.2 Å². The third-order valence-electron chi connectivity index (χ3n) is 3.56. The molecule has 7 heteroatoms. The number of halogens is 1. The number of unbranched alkanes of at least 4 members (excludes halogenated alkanes) is 1. The maximum atomic E-state index is 12.5. The van der Waals surface area contributed by atoms with Crippen LogP contribution in [0.25, 0.3) is 0 Å². The first-order valence-electron chi connectivity index (χ1n) is 8.04. The van der Waals surface area contributed by atoms with Crippen LogP contribution < -0.4 is 10.0 Å². The lowest BCUT2D eigenvalue weighted by Gasteiger charge is -2.13. The van der Waals surface area contributed by atoms with Gasteiger partial charge in [0.1, 0.15) is 0 Å². The smallest absolute Gasteiger partial charge is 0.253 e. The van der Waals surface area contributed by atoms with Crippen molar-refractivity contribution in [2.75, 3.05) is 11.3 Å². The van der Waals surface area contributed by atoms with Crippen molar-refractivity contribution < 1.29 is 13.2 Å². The molecule has 5 nitrogen and oxygen atoms in total. The summed E-state index contributed by atoms with van der Waals surface area (Å²) < 4.78 is 27.4. The molecule has 0 unspecified atom stereocenters. The summed E-state index contributed by atoms with van der Waals surface area (Å²) in [7, 11) is -3.71. The molecule has 0 aliphatic rings. The third kappa shape index (κ3) is 5.76. The van der Waals surface area contributed by atoms with Crippen LogP contribution in [0.15, 0.2) is 48.5 Å². The van der Waals surface area contributed by atoms with Crippen LogP contribution >= 0.6 is 11.6 Å². The van der Waals surface area contributed by atoms with Crippen molar-refractivity contribution in [3.63, 3.8) is 0 Å². The minimum atomic E-state index is -3.71. The zero-order chi connectivity index (χ0) is 18.3. The van der Waals surface area contributed by atoms with E-state index in [-0.39, 0.29) is 17.3 Å². The number of hydrogen-bond donors (Lipinski definition) is 2. The number of anilines is 1. The maximum absolute atomic E-state index is 12.5. The zero-order valence-corrected chi connectivity index (χ0v) is 15.5. The molecular weight excluding hydrogens is 360 g/mol. The van der Waals surface area contributed by atoms with Crippen LogP contribution in [0, 0.1) is 0 Å². The van der Waals surface area contributed by atoms with Gasteiger partial charge in [0.2, 0.25) is 10.0 Å². The predicted octanol–water partition coefficient (Wildman–Crippen LogP) is 3.81. The van der Waals surface area contributed by atoms with Crippen molar-refractivity contribution in [2.45, 2.75) is 25.5 Å². The van der Waals surface area contributed by atoms with E-state index in [1.165, 1.54) is 0 Å². The highest BCUT2D eigenvalue weighted by molar-refractivity contribution is 7.91. The summed E-state index contributed by atoms with van der Waals surface area (Å²) in [6, 6.07) is 13.3. The standard InChI is InChI=1S/C18H21ClN2O3S/c1-2-3-12-20-18(22)15-9-5-7-11-17(15)21-25(23,24)13-14-8-4-6-10-16(14)19/h4-11,21H,2-3,12-13H2,1H3,(H,20,22). The number of nitrogens with one attached hydrogen (secondary N) is 2. The summed E-state index contributed by atoms with van der Waals surface area (Å²) in [6.07, 6.45) is 1.83. The molecule has 134 valence electrons. The van der Waals surface area contributed by atoms with E-state index in [0.29, 0.717) is 22.7 Å². The quantitative estimate of drug-likeness (QED) is 0.684. The molecule has 0 spiro atoms. The van der Waals surface area contributed by atoms with Crippen LogP contribution in [-0.4, -0.2) is 20.9 Å². The van der Waals surface area contributed by atoms with Gasteiger partial charge in [0, 0.05) is 11.6 Å². The Labute approximate surface area is 153 Å². The second kappa shape index (κ2) is 8.87. The van der Waals surface area contributed by atoms with E-state index in [0.717, 1.165) is 12.8 Å². The molecular formula is C18H21ClN2O3S. The van der Waals surface area contributed by atoms with E-state index in [1.54, 1.807) is 48.5 Å². The lowest BCUT2D eigenvalue weighted by atomic mass is 10.1. The Hall–Kier alpha value is -2.05. The lowest BCUT2D eigenvalue weighted by Crippen LogP contribution is -2.26. The SMILES string of the molecule is CCCCNC(=O)c1ccccc1NS(=O)(=O)Cc1ccccc1Cl. The first-order chi connectivity index (χ1) is 11.9. The first-order valence-corrected chi connectivity index (χ1v) is 10.1. The zero-order valence-electron chi connectivity index (χ0n) is 14.0. The van der Waals surface area contributed by atoms with Crippen molar-refractivity contribution in [1.82, 2.24) is 5.32 Å². The van der Waals surface area contributed by atoms with Crippen LogP contribution in [0.3, 0.4) is 0 Å². The number of benzene rings is 2. The normalized spacial score (nSPS) is 11.1. The molecule has 0 radical (unpaired) electrons. The predicted molar refractivity (Wildman–Crippen MR) is 101 cm³/mol. The number of carbonyl (C=O) groups excluding carboxylic acids is 1. The Kier molecular flexibility index (Phi) is 6.84. The number of carbonyl (C=O) groups is 1. The number of sulfonamides is 1. The van der Waals surface area contributed by atoms with E-state index in [4.69, 9.17) is 11.6 Å². The van der Waals surface area contributed by atoms with E-state index < -0.39 is 10.0 Å². The molecule has 1 amide bonds. The van der Waals surface area contributed by atoms with Gasteiger partial charge in [0.15, 0.2) is 0 Å². The summed E-state index contributed by atoms with van der Waals surface area (Å²) in [5, 5.41) is 3.18. The number of hydrogen-bond acceptors (Lipinski definition) is 3. The highest BCUT2D eigenvalue weighted by Gasteiger charge is 2.18. The summed E-state index contributed by atoms with van der Waals surface area (Å²) in [5.74, 6) is -0.567. The van der Waals surface area contributed by atoms with E-state index >= 15 is 0 Å². The molecule has 2 aromatic carbocycles. The molecule has 2 N–H and O–H groups in total. The highest BCUT2D eigenvalue weighted by atomic mass is 35.5. The van der Waals surface area contributed by atoms with Gasteiger partial charge in [-0.2, -0.15) is 0 Å². The fraction of sp³-hybridized carbons (Fsp3) is 0.278. The monoisotopic (exact) mass is 380 g/mol. The van der Waals surface area contributed by atoms with Gasteiger partial charge in [0.25, 0.3) is 5.91 Å². The van der Waals surface area contributed by atoms with E-state index in [9.17, 15) is 13.2 Å². The molecule has 2 aromatic rings. The fourth-order valence-corrected chi connectivity index (χ4v) is 3.80. The molecule has 0 bridgehead atoms. The third-order valence-corrected chi connectivity index (χ3v) is 5.15. The van der Waals surface area contributed by atoms with E-state index in [1.807, 2.05) is 6.92 Å². The minimum Gasteiger partial charge on any atom is -0.352 e. The van der Waals surface area contributed by atoms with Crippen LogP contribution in [0.1, 0.15) is 35.7 Å². The average molecular weight is 381 g/mol. The van der Waals surface area contributed by atoms with Crippen molar-refractivity contribution in [2.24, 2.45) is 0 Å². The van der Waals surface area contributed by atoms with Crippen molar-refractivity contribution in [3.8, 4) is 0 Å². The van der Waals surface area contributed by atoms with Crippen LogP contribution in [0.2, 0.25) is 5.02 Å². The Bertz CT molecular complexity index is 838. The Balaban J connectivity index is 2.16.